The van der Waals surface area contributed by atoms with Gasteiger partial charge in [-0.15, -0.1) is 0 Å². The maximum atomic E-state index is 14.3. The zero-order valence-corrected chi connectivity index (χ0v) is 18.4. The molecule has 10 heteroatoms. The van der Waals surface area contributed by atoms with Gasteiger partial charge in [0, 0.05) is 13.1 Å². The molecule has 0 bridgehead atoms. The van der Waals surface area contributed by atoms with Crippen LogP contribution in [0.5, 0.6) is 0 Å². The molecule has 1 aliphatic carbocycles. The lowest BCUT2D eigenvalue weighted by molar-refractivity contribution is -0.114. The molecule has 0 spiro atoms. The van der Waals surface area contributed by atoms with Crippen LogP contribution in [0.15, 0.2) is 77.7 Å². The van der Waals surface area contributed by atoms with Crippen LogP contribution in [0.3, 0.4) is 0 Å². The first-order chi connectivity index (χ1) is 15.8. The van der Waals surface area contributed by atoms with Crippen LogP contribution in [-0.4, -0.2) is 30.3 Å². The third-order valence-electron chi connectivity index (χ3n) is 5.27. The molecule has 0 fully saturated rings. The van der Waals surface area contributed by atoms with Crippen LogP contribution in [-0.2, 0) is 16.1 Å². The van der Waals surface area contributed by atoms with Gasteiger partial charge in [0.05, 0.1) is 17.8 Å². The molecular formula is C23H21FN4O4S. The number of rotatable bonds is 6. The van der Waals surface area contributed by atoms with Crippen molar-refractivity contribution in [1.82, 2.24) is 9.55 Å². The summed E-state index contributed by atoms with van der Waals surface area (Å²) >= 11 is -2.34. The normalized spacial score (nSPS) is 18.2. The summed E-state index contributed by atoms with van der Waals surface area (Å²) in [5, 5.41) is 2.18. The van der Waals surface area contributed by atoms with E-state index in [-0.39, 0.29) is 6.42 Å². The lowest BCUT2D eigenvalue weighted by Gasteiger charge is -2.27. The highest BCUT2D eigenvalue weighted by Gasteiger charge is 2.30. The maximum Gasteiger partial charge on any atom is 0.350 e. The SMILES string of the molecule is CC(=O)Nc1nc(=O)n(C2C=CC(N(c3cccc(-c4ccccc4)c3)S(=O)O)C2)cc1F. The molecule has 1 aliphatic rings. The Hall–Kier alpha value is -3.63. The highest BCUT2D eigenvalue weighted by molar-refractivity contribution is 7.80. The average molecular weight is 469 g/mol. The largest absolute Gasteiger partial charge is 0.350 e. The van der Waals surface area contributed by atoms with Gasteiger partial charge in [-0.2, -0.15) is 4.98 Å². The second kappa shape index (κ2) is 9.47. The van der Waals surface area contributed by atoms with Crippen molar-refractivity contribution in [3.63, 3.8) is 0 Å². The van der Waals surface area contributed by atoms with Gasteiger partial charge in [0.1, 0.15) is 0 Å². The molecule has 1 aromatic heterocycles. The fourth-order valence-electron chi connectivity index (χ4n) is 3.83. The van der Waals surface area contributed by atoms with E-state index in [1.807, 2.05) is 42.5 Å². The van der Waals surface area contributed by atoms with E-state index in [1.165, 1.54) is 11.2 Å². The first-order valence-corrected chi connectivity index (χ1v) is 11.2. The van der Waals surface area contributed by atoms with Crippen molar-refractivity contribution in [1.29, 1.82) is 0 Å². The number of halogens is 1. The number of nitrogens with zero attached hydrogens (tertiary/aromatic N) is 3. The van der Waals surface area contributed by atoms with Crippen molar-refractivity contribution in [2.24, 2.45) is 0 Å². The van der Waals surface area contributed by atoms with E-state index < -0.39 is 46.6 Å². The first kappa shape index (κ1) is 22.6. The molecule has 1 amide bonds. The summed E-state index contributed by atoms with van der Waals surface area (Å²) in [6.45, 7) is 1.19. The van der Waals surface area contributed by atoms with Crippen LogP contribution in [0.2, 0.25) is 0 Å². The number of benzene rings is 2. The number of aromatic nitrogens is 2. The molecule has 2 N–H and O–H groups in total. The Labute approximate surface area is 191 Å². The number of hydrogen-bond donors (Lipinski definition) is 2. The summed E-state index contributed by atoms with van der Waals surface area (Å²) in [5.74, 6) is -1.82. The number of allylic oxidation sites excluding steroid dienone is 1. The van der Waals surface area contributed by atoms with E-state index in [2.05, 4.69) is 10.3 Å². The molecule has 3 aromatic rings. The Bertz CT molecular complexity index is 1300. The van der Waals surface area contributed by atoms with E-state index in [1.54, 1.807) is 24.3 Å². The van der Waals surface area contributed by atoms with E-state index >= 15 is 0 Å². The number of hydrogen-bond acceptors (Lipinski definition) is 4. The first-order valence-electron chi connectivity index (χ1n) is 10.1. The molecule has 170 valence electrons. The third-order valence-corrected chi connectivity index (χ3v) is 6.09. The van der Waals surface area contributed by atoms with Crippen molar-refractivity contribution in [3.8, 4) is 11.1 Å². The minimum absolute atomic E-state index is 0.252. The quantitative estimate of drug-likeness (QED) is 0.426. The second-order valence-electron chi connectivity index (χ2n) is 7.54. The van der Waals surface area contributed by atoms with Crippen molar-refractivity contribution in [2.45, 2.75) is 25.4 Å². The fourth-order valence-corrected chi connectivity index (χ4v) is 4.51. The molecule has 0 aliphatic heterocycles. The summed E-state index contributed by atoms with van der Waals surface area (Å²) in [6.07, 6.45) is 4.61. The van der Waals surface area contributed by atoms with Crippen molar-refractivity contribution in [2.75, 3.05) is 9.62 Å². The van der Waals surface area contributed by atoms with Crippen LogP contribution in [0, 0.1) is 5.82 Å². The Kier molecular flexibility index (Phi) is 6.47. The van der Waals surface area contributed by atoms with E-state index in [0.29, 0.717) is 5.69 Å². The maximum absolute atomic E-state index is 14.3. The highest BCUT2D eigenvalue weighted by atomic mass is 32.2. The summed E-state index contributed by atoms with van der Waals surface area (Å²) in [6, 6.07) is 15.8. The molecule has 3 unspecified atom stereocenters. The molecule has 3 atom stereocenters. The molecule has 4 rings (SSSR count). The molecular weight excluding hydrogens is 447 g/mol. The number of carbonyl (C=O) groups is 1. The van der Waals surface area contributed by atoms with E-state index in [4.69, 9.17) is 0 Å². The smallest absolute Gasteiger partial charge is 0.308 e. The van der Waals surface area contributed by atoms with E-state index in [0.717, 1.165) is 21.9 Å². The predicted molar refractivity (Wildman–Crippen MR) is 124 cm³/mol. The van der Waals surface area contributed by atoms with E-state index in [9.17, 15) is 22.7 Å². The van der Waals surface area contributed by atoms with Crippen LogP contribution in [0.4, 0.5) is 15.9 Å². The van der Waals surface area contributed by atoms with Crippen LogP contribution in [0.25, 0.3) is 11.1 Å². The molecule has 0 saturated heterocycles. The molecule has 33 heavy (non-hydrogen) atoms. The van der Waals surface area contributed by atoms with Crippen molar-refractivity contribution in [3.05, 3.63) is 89.2 Å². The number of carbonyl (C=O) groups excluding carboxylic acids is 1. The molecule has 0 radical (unpaired) electrons. The molecule has 2 aromatic carbocycles. The van der Waals surface area contributed by atoms with Gasteiger partial charge in [0.25, 0.3) is 11.3 Å². The second-order valence-corrected chi connectivity index (χ2v) is 8.39. The highest BCUT2D eigenvalue weighted by Crippen LogP contribution is 2.32. The lowest BCUT2D eigenvalue weighted by atomic mass is 10.0. The summed E-state index contributed by atoms with van der Waals surface area (Å²) in [7, 11) is 0. The zero-order chi connectivity index (χ0) is 23.5. The van der Waals surface area contributed by atoms with Gasteiger partial charge in [-0.3, -0.25) is 18.2 Å². The summed E-state index contributed by atoms with van der Waals surface area (Å²) < 4.78 is 39.1. The monoisotopic (exact) mass is 468 g/mol. The topological polar surface area (TPSA) is 105 Å². The molecule has 0 saturated carbocycles. The van der Waals surface area contributed by atoms with Crippen LogP contribution in [0.1, 0.15) is 19.4 Å². The Morgan fingerprint density at radius 1 is 1.18 bits per heavy atom. The van der Waals surface area contributed by atoms with Gasteiger partial charge >= 0.3 is 5.69 Å². The lowest BCUT2D eigenvalue weighted by Crippen LogP contribution is -2.36. The Morgan fingerprint density at radius 3 is 2.61 bits per heavy atom. The van der Waals surface area contributed by atoms with Gasteiger partial charge in [0.15, 0.2) is 11.6 Å². The minimum atomic E-state index is -2.34. The third kappa shape index (κ3) is 4.91. The molecule has 1 heterocycles. The van der Waals surface area contributed by atoms with Gasteiger partial charge < -0.3 is 5.32 Å². The predicted octanol–water partition coefficient (Wildman–Crippen LogP) is 3.52. The van der Waals surface area contributed by atoms with Gasteiger partial charge in [-0.05, 0) is 29.7 Å². The standard InChI is InChI=1S/C23H21FN4O4S/c1-15(29)25-22-21(24)14-27(23(30)26-22)18-10-11-20(13-18)28(33(31)32)19-9-5-8-17(12-19)16-6-3-2-4-7-16/h2-12,14,18,20H,13H2,1H3,(H,31,32)(H,25,26,29,30). The van der Waals surface area contributed by atoms with Crippen molar-refractivity contribution >= 4 is 28.7 Å². The van der Waals surface area contributed by atoms with Crippen LogP contribution >= 0.6 is 0 Å². The van der Waals surface area contributed by atoms with Gasteiger partial charge in [0.2, 0.25) is 5.91 Å². The molecule has 8 nitrogen and oxygen atoms in total. The summed E-state index contributed by atoms with van der Waals surface area (Å²) in [5.41, 5.74) is 1.65. The Balaban J connectivity index is 1.60. The van der Waals surface area contributed by atoms with Crippen molar-refractivity contribution < 1.29 is 17.9 Å². The van der Waals surface area contributed by atoms with Gasteiger partial charge in [-0.1, -0.05) is 54.6 Å². The Morgan fingerprint density at radius 2 is 1.91 bits per heavy atom. The summed E-state index contributed by atoms with van der Waals surface area (Å²) in [4.78, 5) is 27.2. The minimum Gasteiger partial charge on any atom is -0.308 e. The number of amides is 1. The number of nitrogens with one attached hydrogen (secondary N) is 1. The fraction of sp³-hybridized carbons (Fsp3) is 0.174. The van der Waals surface area contributed by atoms with Crippen LogP contribution < -0.4 is 15.3 Å². The van der Waals surface area contributed by atoms with Gasteiger partial charge in [-0.25, -0.2) is 13.4 Å². The average Bonchev–Trinajstić information content (AvgIpc) is 3.25. The number of anilines is 2. The zero-order valence-electron chi connectivity index (χ0n) is 17.6.